The molecule has 0 bridgehead atoms. The van der Waals surface area contributed by atoms with E-state index in [9.17, 15) is 10.1 Å². The minimum Gasteiger partial charge on any atom is -0.361 e. The molecule has 1 aliphatic carbocycles. The van der Waals surface area contributed by atoms with Crippen molar-refractivity contribution in [1.82, 2.24) is 5.32 Å². The van der Waals surface area contributed by atoms with Crippen molar-refractivity contribution < 1.29 is 4.92 Å². The number of benzene rings is 1. The Kier molecular flexibility index (Phi) is 3.61. The van der Waals surface area contributed by atoms with Gasteiger partial charge in [-0.1, -0.05) is 12.1 Å². The van der Waals surface area contributed by atoms with Gasteiger partial charge in [-0.05, 0) is 45.2 Å². The van der Waals surface area contributed by atoms with Crippen molar-refractivity contribution >= 4 is 11.4 Å². The lowest BCUT2D eigenvalue weighted by atomic mass is 10.1. The van der Waals surface area contributed by atoms with Crippen LogP contribution in [-0.4, -0.2) is 30.1 Å². The topological polar surface area (TPSA) is 58.4 Å². The van der Waals surface area contributed by atoms with Crippen molar-refractivity contribution in [3.63, 3.8) is 0 Å². The molecule has 5 nitrogen and oxygen atoms in total. The summed E-state index contributed by atoms with van der Waals surface area (Å²) in [4.78, 5) is 13.4. The maximum absolute atomic E-state index is 11.4. The van der Waals surface area contributed by atoms with E-state index in [0.717, 1.165) is 37.2 Å². The Morgan fingerprint density at radius 3 is 2.80 bits per heavy atom. The molecule has 108 valence electrons. The largest absolute Gasteiger partial charge is 0.361 e. The second kappa shape index (κ2) is 5.40. The number of nitro groups is 1. The van der Waals surface area contributed by atoms with Gasteiger partial charge in [0.25, 0.3) is 5.69 Å². The normalized spacial score (nSPS) is 21.9. The zero-order chi connectivity index (χ0) is 14.1. The number of nitrogens with zero attached hydrogens (tertiary/aromatic N) is 2. The van der Waals surface area contributed by atoms with E-state index in [1.807, 2.05) is 25.1 Å². The van der Waals surface area contributed by atoms with Gasteiger partial charge < -0.3 is 10.2 Å². The highest BCUT2D eigenvalue weighted by molar-refractivity contribution is 5.67. The lowest BCUT2D eigenvalue weighted by molar-refractivity contribution is -0.384. The van der Waals surface area contributed by atoms with E-state index in [1.165, 1.54) is 12.8 Å². The summed E-state index contributed by atoms with van der Waals surface area (Å²) < 4.78 is 0. The van der Waals surface area contributed by atoms with E-state index in [-0.39, 0.29) is 10.6 Å². The molecule has 0 aromatic heterocycles. The number of rotatable bonds is 5. The zero-order valence-corrected chi connectivity index (χ0v) is 11.8. The van der Waals surface area contributed by atoms with Crippen LogP contribution in [0.4, 0.5) is 11.4 Å². The molecule has 1 aromatic rings. The van der Waals surface area contributed by atoms with E-state index in [4.69, 9.17) is 0 Å². The van der Waals surface area contributed by atoms with Crippen LogP contribution in [0.25, 0.3) is 0 Å². The van der Waals surface area contributed by atoms with Gasteiger partial charge in [0.2, 0.25) is 0 Å². The highest BCUT2D eigenvalue weighted by Gasteiger charge is 2.35. The Balaban J connectivity index is 1.90. The first kappa shape index (κ1) is 13.4. The van der Waals surface area contributed by atoms with E-state index < -0.39 is 0 Å². The zero-order valence-electron chi connectivity index (χ0n) is 11.8. The monoisotopic (exact) mass is 275 g/mol. The fourth-order valence-corrected chi connectivity index (χ4v) is 3.09. The lowest BCUT2D eigenvalue weighted by Gasteiger charge is -2.28. The summed E-state index contributed by atoms with van der Waals surface area (Å²) in [5.41, 5.74) is 1.82. The summed E-state index contributed by atoms with van der Waals surface area (Å²) in [7, 11) is 0. The van der Waals surface area contributed by atoms with Crippen molar-refractivity contribution in [2.75, 3.05) is 18.0 Å². The third-order valence-electron chi connectivity index (χ3n) is 4.28. The standard InChI is InChI=1S/C15H21N3O2/c1-11-4-2-6-14(15(11)18(19)20)17(13-7-8-13)10-12-5-3-9-16-12/h2,4,6,12-13,16H,3,5,7-10H2,1H3. The number of nitro benzene ring substituents is 1. The van der Waals surface area contributed by atoms with Gasteiger partial charge in [0.15, 0.2) is 0 Å². The quantitative estimate of drug-likeness (QED) is 0.663. The molecule has 0 radical (unpaired) electrons. The van der Waals surface area contributed by atoms with Crippen LogP contribution in [0.5, 0.6) is 0 Å². The number of aryl methyl sites for hydroxylation is 1. The molecule has 3 rings (SSSR count). The van der Waals surface area contributed by atoms with Gasteiger partial charge in [-0.25, -0.2) is 0 Å². The molecule has 5 heteroatoms. The van der Waals surface area contributed by atoms with Crippen molar-refractivity contribution in [2.45, 2.75) is 44.7 Å². The van der Waals surface area contributed by atoms with E-state index in [1.54, 1.807) is 0 Å². The van der Waals surface area contributed by atoms with Crippen molar-refractivity contribution in [2.24, 2.45) is 0 Å². The molecule has 1 saturated heterocycles. The van der Waals surface area contributed by atoms with Crippen LogP contribution in [0.15, 0.2) is 18.2 Å². The first-order valence-corrected chi connectivity index (χ1v) is 7.41. The maximum atomic E-state index is 11.4. The van der Waals surface area contributed by atoms with E-state index in [2.05, 4.69) is 10.2 Å². The molecule has 1 N–H and O–H groups in total. The molecule has 20 heavy (non-hydrogen) atoms. The predicted octanol–water partition coefficient (Wildman–Crippen LogP) is 2.62. The van der Waals surface area contributed by atoms with Crippen LogP contribution in [0, 0.1) is 17.0 Å². The van der Waals surface area contributed by atoms with Crippen LogP contribution in [0.1, 0.15) is 31.2 Å². The lowest BCUT2D eigenvalue weighted by Crippen LogP contribution is -2.39. The Labute approximate surface area is 119 Å². The Morgan fingerprint density at radius 2 is 2.20 bits per heavy atom. The van der Waals surface area contributed by atoms with Crippen LogP contribution in [0.2, 0.25) is 0 Å². The minimum absolute atomic E-state index is 0.234. The summed E-state index contributed by atoms with van der Waals surface area (Å²) in [5, 5.41) is 14.9. The van der Waals surface area contributed by atoms with Gasteiger partial charge in [0, 0.05) is 24.2 Å². The van der Waals surface area contributed by atoms with Gasteiger partial charge in [-0.15, -0.1) is 0 Å². The molecule has 2 fully saturated rings. The number of nitrogens with one attached hydrogen (secondary N) is 1. The second-order valence-corrected chi connectivity index (χ2v) is 5.88. The summed E-state index contributed by atoms with van der Waals surface area (Å²) >= 11 is 0. The Bertz CT molecular complexity index is 508. The fraction of sp³-hybridized carbons (Fsp3) is 0.600. The number of anilines is 1. The number of para-hydroxylation sites is 1. The smallest absolute Gasteiger partial charge is 0.295 e. The summed E-state index contributed by atoms with van der Waals surface area (Å²) in [5.74, 6) is 0. The first-order valence-electron chi connectivity index (χ1n) is 7.41. The fourth-order valence-electron chi connectivity index (χ4n) is 3.09. The average molecular weight is 275 g/mol. The summed E-state index contributed by atoms with van der Waals surface area (Å²) in [6.45, 7) is 3.77. The molecule has 2 aliphatic rings. The maximum Gasteiger partial charge on any atom is 0.295 e. The van der Waals surface area contributed by atoms with Gasteiger partial charge in [0.05, 0.1) is 4.92 Å². The summed E-state index contributed by atoms with van der Waals surface area (Å²) in [6, 6.07) is 6.60. The Hall–Kier alpha value is -1.62. The molecular formula is C15H21N3O2. The minimum atomic E-state index is -0.234. The molecule has 1 unspecified atom stereocenters. The van der Waals surface area contributed by atoms with Crippen LogP contribution >= 0.6 is 0 Å². The first-order chi connectivity index (χ1) is 9.66. The Morgan fingerprint density at radius 1 is 1.40 bits per heavy atom. The van der Waals surface area contributed by atoms with Gasteiger partial charge >= 0.3 is 0 Å². The van der Waals surface area contributed by atoms with Crippen molar-refractivity contribution in [1.29, 1.82) is 0 Å². The third-order valence-corrected chi connectivity index (χ3v) is 4.28. The van der Waals surface area contributed by atoms with Gasteiger partial charge in [0.1, 0.15) is 5.69 Å². The third kappa shape index (κ3) is 2.63. The SMILES string of the molecule is Cc1cccc(N(CC2CCCN2)C2CC2)c1[N+](=O)[O-]. The highest BCUT2D eigenvalue weighted by atomic mass is 16.6. The molecule has 1 aromatic carbocycles. The number of hydrogen-bond acceptors (Lipinski definition) is 4. The molecule has 0 spiro atoms. The van der Waals surface area contributed by atoms with Crippen molar-refractivity contribution in [3.05, 3.63) is 33.9 Å². The molecular weight excluding hydrogens is 254 g/mol. The van der Waals surface area contributed by atoms with Gasteiger partial charge in [-0.3, -0.25) is 10.1 Å². The van der Waals surface area contributed by atoms with Crippen LogP contribution < -0.4 is 10.2 Å². The average Bonchev–Trinajstić information content (AvgIpc) is 3.12. The highest BCUT2D eigenvalue weighted by Crippen LogP contribution is 2.38. The molecule has 1 heterocycles. The van der Waals surface area contributed by atoms with Crippen molar-refractivity contribution in [3.8, 4) is 0 Å². The summed E-state index contributed by atoms with van der Waals surface area (Å²) in [6.07, 6.45) is 4.68. The molecule has 1 atom stereocenters. The predicted molar refractivity (Wildman–Crippen MR) is 79.2 cm³/mol. The van der Waals surface area contributed by atoms with Crippen LogP contribution in [-0.2, 0) is 0 Å². The van der Waals surface area contributed by atoms with E-state index >= 15 is 0 Å². The van der Waals surface area contributed by atoms with Crippen LogP contribution in [0.3, 0.4) is 0 Å². The van der Waals surface area contributed by atoms with E-state index in [0.29, 0.717) is 12.1 Å². The number of hydrogen-bond donors (Lipinski definition) is 1. The molecule has 1 saturated carbocycles. The second-order valence-electron chi connectivity index (χ2n) is 5.88. The van der Waals surface area contributed by atoms with Gasteiger partial charge in [-0.2, -0.15) is 0 Å². The molecule has 1 aliphatic heterocycles. The molecule has 0 amide bonds.